The Morgan fingerprint density at radius 3 is 2.27 bits per heavy atom. The molecule has 0 aromatic heterocycles. The summed E-state index contributed by atoms with van der Waals surface area (Å²) in [5.74, 6) is 0.0549. The fraction of sp³-hybridized carbons (Fsp3) is 0. The molecule has 0 aliphatic rings. The maximum atomic E-state index is 12.1. The minimum atomic E-state index is -0.408. The Kier molecular flexibility index (Phi) is 6.09. The topological polar surface area (TPSA) is 38.7 Å². The molecule has 0 unspecified atom stereocenters. The summed E-state index contributed by atoms with van der Waals surface area (Å²) in [5.41, 5.74) is 2.04. The van der Waals surface area contributed by atoms with Gasteiger partial charge >= 0.3 is 5.97 Å². The van der Waals surface area contributed by atoms with E-state index in [1.165, 1.54) is 0 Å². The molecule has 0 amide bonds. The van der Waals surface area contributed by atoms with E-state index in [2.05, 4.69) is 20.9 Å². The van der Waals surface area contributed by atoms with Gasteiger partial charge in [0, 0.05) is 10.7 Å². The van der Waals surface area contributed by atoms with Crippen molar-refractivity contribution in [2.24, 2.45) is 4.99 Å². The third kappa shape index (κ3) is 4.94. The second-order valence-corrected chi connectivity index (χ2v) is 7.05. The van der Waals surface area contributed by atoms with Gasteiger partial charge in [-0.1, -0.05) is 39.1 Å². The monoisotopic (exact) mass is 447 g/mol. The zero-order chi connectivity index (χ0) is 18.5. The van der Waals surface area contributed by atoms with Crippen LogP contribution in [0.3, 0.4) is 0 Å². The molecular formula is C20H12BrCl2NO2. The van der Waals surface area contributed by atoms with Crippen LogP contribution >= 0.6 is 39.1 Å². The molecule has 0 saturated heterocycles. The van der Waals surface area contributed by atoms with Gasteiger partial charge in [0.05, 0.1) is 21.3 Å². The largest absolute Gasteiger partial charge is 0.423 e. The van der Waals surface area contributed by atoms with E-state index in [0.29, 0.717) is 27.0 Å². The first-order valence-corrected chi connectivity index (χ1v) is 9.13. The maximum Gasteiger partial charge on any atom is 0.343 e. The SMILES string of the molecule is O=C(Oc1ccc(C=Nc2ccc(Cl)c(Cl)c2)cc1)c1ccc(Br)cc1. The summed E-state index contributed by atoms with van der Waals surface area (Å²) in [6, 6.07) is 19.2. The number of hydrogen-bond acceptors (Lipinski definition) is 3. The zero-order valence-corrected chi connectivity index (χ0v) is 16.4. The van der Waals surface area contributed by atoms with Crippen molar-refractivity contribution in [3.05, 3.63) is 92.4 Å². The van der Waals surface area contributed by atoms with Crippen LogP contribution in [0.15, 0.2) is 76.2 Å². The summed E-state index contributed by atoms with van der Waals surface area (Å²) in [5, 5.41) is 0.944. The highest BCUT2D eigenvalue weighted by molar-refractivity contribution is 9.10. The Morgan fingerprint density at radius 1 is 0.923 bits per heavy atom. The Morgan fingerprint density at radius 2 is 1.62 bits per heavy atom. The molecule has 0 atom stereocenters. The van der Waals surface area contributed by atoms with Gasteiger partial charge < -0.3 is 4.74 Å². The summed E-state index contributed by atoms with van der Waals surface area (Å²) in [6.45, 7) is 0. The molecule has 0 bridgehead atoms. The summed E-state index contributed by atoms with van der Waals surface area (Å²) in [6.07, 6.45) is 1.69. The van der Waals surface area contributed by atoms with Crippen molar-refractivity contribution >= 4 is 57.0 Å². The normalized spacial score (nSPS) is 10.9. The summed E-state index contributed by atoms with van der Waals surface area (Å²) < 4.78 is 6.26. The van der Waals surface area contributed by atoms with E-state index < -0.39 is 5.97 Å². The van der Waals surface area contributed by atoms with Crippen LogP contribution < -0.4 is 4.74 Å². The molecule has 3 nitrogen and oxygen atoms in total. The lowest BCUT2D eigenvalue weighted by Gasteiger charge is -2.05. The fourth-order valence-electron chi connectivity index (χ4n) is 2.09. The van der Waals surface area contributed by atoms with Crippen LogP contribution in [0.5, 0.6) is 5.75 Å². The van der Waals surface area contributed by atoms with Crippen LogP contribution in [0.4, 0.5) is 5.69 Å². The van der Waals surface area contributed by atoms with E-state index in [1.807, 2.05) is 12.1 Å². The van der Waals surface area contributed by atoms with E-state index >= 15 is 0 Å². The quantitative estimate of drug-likeness (QED) is 0.252. The predicted octanol–water partition coefficient (Wildman–Crippen LogP) is 6.73. The van der Waals surface area contributed by atoms with Crippen molar-refractivity contribution < 1.29 is 9.53 Å². The van der Waals surface area contributed by atoms with Crippen LogP contribution in [0.1, 0.15) is 15.9 Å². The van der Waals surface area contributed by atoms with Gasteiger partial charge in [0.25, 0.3) is 0 Å². The highest BCUT2D eigenvalue weighted by Crippen LogP contribution is 2.26. The number of nitrogens with zero attached hydrogens (tertiary/aromatic N) is 1. The van der Waals surface area contributed by atoms with Gasteiger partial charge in [-0.05, 0) is 72.3 Å². The number of rotatable bonds is 4. The number of esters is 1. The van der Waals surface area contributed by atoms with Crippen molar-refractivity contribution in [1.29, 1.82) is 0 Å². The molecule has 0 radical (unpaired) electrons. The van der Waals surface area contributed by atoms with Gasteiger partial charge in [-0.15, -0.1) is 0 Å². The van der Waals surface area contributed by atoms with Gasteiger partial charge in [0.2, 0.25) is 0 Å². The summed E-state index contributed by atoms with van der Waals surface area (Å²) in [7, 11) is 0. The van der Waals surface area contributed by atoms with Crippen molar-refractivity contribution in [2.45, 2.75) is 0 Å². The van der Waals surface area contributed by atoms with Crippen LogP contribution in [0, 0.1) is 0 Å². The molecule has 3 aromatic carbocycles. The van der Waals surface area contributed by atoms with Crippen LogP contribution in [0.25, 0.3) is 0 Å². The first kappa shape index (κ1) is 18.6. The number of halogens is 3. The number of carbonyl (C=O) groups excluding carboxylic acids is 1. The van der Waals surface area contributed by atoms with Crippen molar-refractivity contribution in [2.75, 3.05) is 0 Å². The molecule has 0 aliphatic carbocycles. The standard InChI is InChI=1S/C20H12BrCl2NO2/c21-15-5-3-14(4-6-15)20(25)26-17-8-1-13(2-9-17)12-24-16-7-10-18(22)19(23)11-16/h1-12H. The highest BCUT2D eigenvalue weighted by Gasteiger charge is 2.08. The van der Waals surface area contributed by atoms with Gasteiger partial charge in [-0.25, -0.2) is 4.79 Å². The lowest BCUT2D eigenvalue weighted by molar-refractivity contribution is 0.0735. The molecular weight excluding hydrogens is 437 g/mol. The van der Waals surface area contributed by atoms with E-state index in [-0.39, 0.29) is 0 Å². The van der Waals surface area contributed by atoms with E-state index in [9.17, 15) is 4.79 Å². The average molecular weight is 449 g/mol. The second-order valence-electron chi connectivity index (χ2n) is 5.32. The molecule has 130 valence electrons. The average Bonchev–Trinajstić information content (AvgIpc) is 2.64. The van der Waals surface area contributed by atoms with Crippen molar-refractivity contribution in [3.63, 3.8) is 0 Å². The zero-order valence-electron chi connectivity index (χ0n) is 13.3. The number of carbonyl (C=O) groups is 1. The van der Waals surface area contributed by atoms with E-state index in [0.717, 1.165) is 10.0 Å². The first-order chi connectivity index (χ1) is 12.5. The highest BCUT2D eigenvalue weighted by atomic mass is 79.9. The number of aliphatic imine (C=N–C) groups is 1. The molecule has 0 spiro atoms. The van der Waals surface area contributed by atoms with E-state index in [4.69, 9.17) is 27.9 Å². The molecule has 0 aliphatic heterocycles. The van der Waals surface area contributed by atoms with Gasteiger partial charge in [-0.2, -0.15) is 0 Å². The van der Waals surface area contributed by atoms with Crippen LogP contribution in [0.2, 0.25) is 10.0 Å². The summed E-state index contributed by atoms with van der Waals surface area (Å²) in [4.78, 5) is 16.4. The Balaban J connectivity index is 1.66. The predicted molar refractivity (Wildman–Crippen MR) is 109 cm³/mol. The van der Waals surface area contributed by atoms with Crippen molar-refractivity contribution in [1.82, 2.24) is 0 Å². The number of benzene rings is 3. The Hall–Kier alpha value is -2.14. The Labute approximate surface area is 169 Å². The fourth-order valence-corrected chi connectivity index (χ4v) is 2.64. The molecule has 3 rings (SSSR count). The molecule has 26 heavy (non-hydrogen) atoms. The lowest BCUT2D eigenvalue weighted by Crippen LogP contribution is -2.08. The molecule has 0 fully saturated rings. The van der Waals surface area contributed by atoms with Crippen molar-refractivity contribution in [3.8, 4) is 5.75 Å². The van der Waals surface area contributed by atoms with E-state index in [1.54, 1.807) is 60.8 Å². The second kappa shape index (κ2) is 8.49. The molecule has 0 N–H and O–H groups in total. The van der Waals surface area contributed by atoms with Crippen LogP contribution in [-0.2, 0) is 0 Å². The molecule has 3 aromatic rings. The lowest BCUT2D eigenvalue weighted by atomic mass is 10.2. The van der Waals surface area contributed by atoms with Crippen LogP contribution in [-0.4, -0.2) is 12.2 Å². The van der Waals surface area contributed by atoms with Gasteiger partial charge in [0.1, 0.15) is 5.75 Å². The minimum Gasteiger partial charge on any atom is -0.423 e. The van der Waals surface area contributed by atoms with Gasteiger partial charge in [-0.3, -0.25) is 4.99 Å². The minimum absolute atomic E-state index is 0.408. The smallest absolute Gasteiger partial charge is 0.343 e. The first-order valence-electron chi connectivity index (χ1n) is 7.58. The van der Waals surface area contributed by atoms with Gasteiger partial charge in [0.15, 0.2) is 0 Å². The number of hydrogen-bond donors (Lipinski definition) is 0. The maximum absolute atomic E-state index is 12.1. The molecule has 6 heteroatoms. The molecule has 0 heterocycles. The Bertz CT molecular complexity index is 955. The number of ether oxygens (including phenoxy) is 1. The third-order valence-corrected chi connectivity index (χ3v) is 4.70. The third-order valence-electron chi connectivity index (χ3n) is 3.44. The summed E-state index contributed by atoms with van der Waals surface area (Å²) >= 11 is 15.2. The molecule has 0 saturated carbocycles.